The first kappa shape index (κ1) is 22.6. The monoisotopic (exact) mass is 502 g/mol. The lowest BCUT2D eigenvalue weighted by Gasteiger charge is -2.38. The molecular weight excluding hydrogens is 476 g/mol. The van der Waals surface area contributed by atoms with Crippen molar-refractivity contribution in [3.63, 3.8) is 0 Å². The standard InChI is InChI=1S/C26H27ClN8O/c1-16(2)33-7-9-34(10-8-33)22-6-4-19(12-21(22)27)32-24-25-30-15-31-35(25)23(14-28-24)17-3-5-20-18(11-17)13-29-26(20)36/h3-6,11-16,29,36H,7-10H2,1-2H3,(H,28,32). The normalized spacial score (nSPS) is 14.8. The Bertz CT molecular complexity index is 1550. The van der Waals surface area contributed by atoms with E-state index in [-0.39, 0.29) is 5.88 Å². The molecule has 9 nitrogen and oxygen atoms in total. The van der Waals surface area contributed by atoms with Gasteiger partial charge >= 0.3 is 0 Å². The predicted molar refractivity (Wildman–Crippen MR) is 143 cm³/mol. The van der Waals surface area contributed by atoms with Gasteiger partial charge < -0.3 is 20.3 Å². The highest BCUT2D eigenvalue weighted by molar-refractivity contribution is 6.33. The molecule has 1 aliphatic heterocycles. The van der Waals surface area contributed by atoms with Crippen LogP contribution >= 0.6 is 11.6 Å². The van der Waals surface area contributed by atoms with Gasteiger partial charge in [-0.05, 0) is 44.2 Å². The van der Waals surface area contributed by atoms with Gasteiger partial charge in [0.05, 0.1) is 22.6 Å². The van der Waals surface area contributed by atoms with E-state index in [0.717, 1.165) is 59.6 Å². The van der Waals surface area contributed by atoms with Gasteiger partial charge in [-0.1, -0.05) is 17.7 Å². The molecule has 3 N–H and O–H groups in total. The Morgan fingerprint density at radius 3 is 2.67 bits per heavy atom. The van der Waals surface area contributed by atoms with Gasteiger partial charge in [-0.15, -0.1) is 0 Å². The van der Waals surface area contributed by atoms with Crippen LogP contribution in [0, 0.1) is 0 Å². The van der Waals surface area contributed by atoms with E-state index in [0.29, 0.717) is 22.5 Å². The summed E-state index contributed by atoms with van der Waals surface area (Å²) in [7, 11) is 0. The van der Waals surface area contributed by atoms with Crippen molar-refractivity contribution in [2.75, 3.05) is 36.4 Å². The summed E-state index contributed by atoms with van der Waals surface area (Å²) in [6.07, 6.45) is 5.05. The molecule has 0 amide bonds. The molecule has 0 saturated carbocycles. The zero-order chi connectivity index (χ0) is 24.8. The fraction of sp³-hybridized carbons (Fsp3) is 0.269. The molecule has 6 rings (SSSR count). The van der Waals surface area contributed by atoms with E-state index >= 15 is 0 Å². The molecule has 36 heavy (non-hydrogen) atoms. The Morgan fingerprint density at radius 1 is 1.06 bits per heavy atom. The largest absolute Gasteiger partial charge is 0.494 e. The van der Waals surface area contributed by atoms with Gasteiger partial charge in [0.1, 0.15) is 6.33 Å². The highest BCUT2D eigenvalue weighted by Gasteiger charge is 2.21. The van der Waals surface area contributed by atoms with Gasteiger partial charge in [0.15, 0.2) is 17.3 Å². The molecule has 3 aromatic heterocycles. The lowest BCUT2D eigenvalue weighted by Crippen LogP contribution is -2.49. The van der Waals surface area contributed by atoms with Crippen molar-refractivity contribution in [1.82, 2.24) is 29.5 Å². The van der Waals surface area contributed by atoms with Crippen LogP contribution in [-0.2, 0) is 0 Å². The van der Waals surface area contributed by atoms with E-state index in [1.54, 1.807) is 16.9 Å². The molecule has 0 aliphatic carbocycles. The lowest BCUT2D eigenvalue weighted by atomic mass is 10.1. The number of H-pyrrole nitrogens is 1. The molecule has 1 saturated heterocycles. The number of anilines is 3. The fourth-order valence-electron chi connectivity index (χ4n) is 4.84. The van der Waals surface area contributed by atoms with Crippen molar-refractivity contribution < 1.29 is 5.11 Å². The number of aromatic nitrogens is 5. The maximum absolute atomic E-state index is 9.91. The van der Waals surface area contributed by atoms with Crippen LogP contribution in [0.15, 0.2) is 55.1 Å². The molecule has 5 aromatic rings. The average Bonchev–Trinajstić information content (AvgIpc) is 3.52. The summed E-state index contributed by atoms with van der Waals surface area (Å²) in [4.78, 5) is 16.8. The summed E-state index contributed by atoms with van der Waals surface area (Å²) in [5, 5.41) is 20.1. The van der Waals surface area contributed by atoms with Crippen LogP contribution in [0.3, 0.4) is 0 Å². The Labute approximate surface area is 213 Å². The second kappa shape index (κ2) is 9.00. The van der Waals surface area contributed by atoms with Crippen LogP contribution in [0.4, 0.5) is 17.2 Å². The first-order chi connectivity index (χ1) is 17.5. The fourth-order valence-corrected chi connectivity index (χ4v) is 5.14. The molecule has 0 bridgehead atoms. The van der Waals surface area contributed by atoms with Crippen LogP contribution in [0.25, 0.3) is 27.7 Å². The molecule has 1 aliphatic rings. The first-order valence-electron chi connectivity index (χ1n) is 12.0. The number of benzene rings is 2. The summed E-state index contributed by atoms with van der Waals surface area (Å²) >= 11 is 6.71. The van der Waals surface area contributed by atoms with E-state index in [9.17, 15) is 5.11 Å². The van der Waals surface area contributed by atoms with Crippen molar-refractivity contribution in [2.24, 2.45) is 0 Å². The van der Waals surface area contributed by atoms with Crippen molar-refractivity contribution in [1.29, 1.82) is 0 Å². The number of nitrogens with zero attached hydrogens (tertiary/aromatic N) is 6. The SMILES string of the molecule is CC(C)N1CCN(c2ccc(Nc3ncc(-c4ccc5c(O)[nH]cc5c4)n4ncnc34)cc2Cl)CC1. The molecule has 10 heteroatoms. The average molecular weight is 503 g/mol. The number of hydrogen-bond donors (Lipinski definition) is 3. The maximum atomic E-state index is 9.91. The Kier molecular flexibility index (Phi) is 5.66. The van der Waals surface area contributed by atoms with Gasteiger partial charge in [-0.3, -0.25) is 4.90 Å². The predicted octanol–water partition coefficient (Wildman–Crippen LogP) is 4.91. The number of halogens is 1. The summed E-state index contributed by atoms with van der Waals surface area (Å²) in [6.45, 7) is 8.47. The molecular formula is C26H27ClN8O. The van der Waals surface area contributed by atoms with Crippen LogP contribution in [0.2, 0.25) is 5.02 Å². The first-order valence-corrected chi connectivity index (χ1v) is 12.4. The minimum Gasteiger partial charge on any atom is -0.494 e. The number of fused-ring (bicyclic) bond motifs is 2. The van der Waals surface area contributed by atoms with Crippen LogP contribution in [0.5, 0.6) is 5.88 Å². The molecule has 184 valence electrons. The Morgan fingerprint density at radius 2 is 1.89 bits per heavy atom. The number of aromatic hydroxyl groups is 1. The topological polar surface area (TPSA) is 97.6 Å². The minimum atomic E-state index is 0.155. The van der Waals surface area contributed by atoms with Crippen molar-refractivity contribution in [3.05, 3.63) is 60.1 Å². The molecule has 0 atom stereocenters. The van der Waals surface area contributed by atoms with E-state index < -0.39 is 0 Å². The van der Waals surface area contributed by atoms with E-state index in [2.05, 4.69) is 55.1 Å². The van der Waals surface area contributed by atoms with Gasteiger partial charge in [0.25, 0.3) is 0 Å². The van der Waals surface area contributed by atoms with E-state index in [1.165, 1.54) is 6.33 Å². The third kappa shape index (κ3) is 4.00. The molecule has 4 heterocycles. The summed E-state index contributed by atoms with van der Waals surface area (Å²) in [5.41, 5.74) is 4.20. The summed E-state index contributed by atoms with van der Waals surface area (Å²) in [6, 6.07) is 12.4. The molecule has 0 unspecified atom stereocenters. The Balaban J connectivity index is 1.25. The number of rotatable bonds is 5. The molecule has 2 aromatic carbocycles. The smallest absolute Gasteiger partial charge is 0.199 e. The number of hydrogen-bond acceptors (Lipinski definition) is 7. The summed E-state index contributed by atoms with van der Waals surface area (Å²) < 4.78 is 1.76. The van der Waals surface area contributed by atoms with Crippen LogP contribution in [0.1, 0.15) is 13.8 Å². The molecule has 1 fully saturated rings. The number of aromatic amines is 1. The second-order valence-electron chi connectivity index (χ2n) is 9.33. The quantitative estimate of drug-likeness (QED) is 0.314. The highest BCUT2D eigenvalue weighted by Crippen LogP contribution is 2.33. The second-order valence-corrected chi connectivity index (χ2v) is 9.74. The van der Waals surface area contributed by atoms with Crippen LogP contribution in [-0.4, -0.2) is 66.8 Å². The van der Waals surface area contributed by atoms with Crippen molar-refractivity contribution >= 4 is 45.2 Å². The maximum Gasteiger partial charge on any atom is 0.199 e. The number of piperazine rings is 1. The third-order valence-corrected chi connectivity index (χ3v) is 7.17. The molecule has 0 radical (unpaired) electrons. The van der Waals surface area contributed by atoms with Crippen molar-refractivity contribution in [3.8, 4) is 17.1 Å². The van der Waals surface area contributed by atoms with E-state index in [4.69, 9.17) is 11.6 Å². The van der Waals surface area contributed by atoms with Gasteiger partial charge in [-0.25, -0.2) is 14.5 Å². The highest BCUT2D eigenvalue weighted by atomic mass is 35.5. The zero-order valence-corrected chi connectivity index (χ0v) is 20.9. The summed E-state index contributed by atoms with van der Waals surface area (Å²) in [5.74, 6) is 0.744. The third-order valence-electron chi connectivity index (χ3n) is 6.87. The van der Waals surface area contributed by atoms with E-state index in [1.807, 2.05) is 30.3 Å². The molecule has 0 spiro atoms. The zero-order valence-electron chi connectivity index (χ0n) is 20.1. The van der Waals surface area contributed by atoms with Crippen LogP contribution < -0.4 is 10.2 Å². The van der Waals surface area contributed by atoms with Crippen molar-refractivity contribution in [2.45, 2.75) is 19.9 Å². The van der Waals surface area contributed by atoms with Gasteiger partial charge in [0.2, 0.25) is 0 Å². The number of nitrogens with one attached hydrogen (secondary N) is 2. The minimum absolute atomic E-state index is 0.155. The van der Waals surface area contributed by atoms with Gasteiger partial charge in [0, 0.05) is 60.4 Å². The van der Waals surface area contributed by atoms with Gasteiger partial charge in [-0.2, -0.15) is 5.10 Å². The Hall–Kier alpha value is -3.82. The lowest BCUT2D eigenvalue weighted by molar-refractivity contribution is 0.209.